The van der Waals surface area contributed by atoms with E-state index in [1.54, 1.807) is 6.92 Å². The van der Waals surface area contributed by atoms with Gasteiger partial charge in [0.05, 0.1) is 21.9 Å². The van der Waals surface area contributed by atoms with Crippen molar-refractivity contribution in [2.45, 2.75) is 22.4 Å². The summed E-state index contributed by atoms with van der Waals surface area (Å²) in [5.74, 6) is 0.112. The molecule has 154 valence electrons. The molecular formula is C14H15F3N4O5S2. The van der Waals surface area contributed by atoms with Gasteiger partial charge >= 0.3 is 5.51 Å². The standard InChI is InChI=1S/C14H11F3N4O3S2.2H2O/c1-2-25(23)10-3-8(22)5-18-13(10)9-6-21-7-19-12(4-11(21)20-9)26(24)14(15,16)17;;/h3-7,22H,2H2,1H3;2*1H2. The number of imidazole rings is 1. The van der Waals surface area contributed by atoms with Gasteiger partial charge in [0.15, 0.2) is 10.8 Å². The van der Waals surface area contributed by atoms with Gasteiger partial charge in [-0.15, -0.1) is 0 Å². The van der Waals surface area contributed by atoms with Crippen molar-refractivity contribution in [3.63, 3.8) is 0 Å². The zero-order valence-electron chi connectivity index (χ0n) is 14.1. The van der Waals surface area contributed by atoms with Gasteiger partial charge in [0.2, 0.25) is 0 Å². The molecule has 0 aliphatic heterocycles. The van der Waals surface area contributed by atoms with Gasteiger partial charge in [-0.05, 0) is 6.07 Å². The van der Waals surface area contributed by atoms with E-state index in [0.717, 1.165) is 18.6 Å². The SMILES string of the molecule is CCS(=O)c1cc(O)cnc1-c1cn2cnc(S(=O)C(F)(F)F)cc2n1.O.O. The van der Waals surface area contributed by atoms with Gasteiger partial charge in [-0.2, -0.15) is 13.2 Å². The van der Waals surface area contributed by atoms with Crippen LogP contribution in [0.3, 0.4) is 0 Å². The lowest BCUT2D eigenvalue weighted by Crippen LogP contribution is -2.17. The van der Waals surface area contributed by atoms with Gasteiger partial charge in [-0.25, -0.2) is 19.2 Å². The Morgan fingerprint density at radius 1 is 1.18 bits per heavy atom. The van der Waals surface area contributed by atoms with Crippen molar-refractivity contribution in [2.75, 3.05) is 5.75 Å². The van der Waals surface area contributed by atoms with Crippen LogP contribution in [0.4, 0.5) is 13.2 Å². The molecule has 5 N–H and O–H groups in total. The molecule has 2 unspecified atom stereocenters. The summed E-state index contributed by atoms with van der Waals surface area (Å²) < 4.78 is 62.7. The predicted octanol–water partition coefficient (Wildman–Crippen LogP) is 0.602. The van der Waals surface area contributed by atoms with Gasteiger partial charge in [0.1, 0.15) is 34.1 Å². The number of hydrogen-bond donors (Lipinski definition) is 1. The minimum atomic E-state index is -4.93. The fraction of sp³-hybridized carbons (Fsp3) is 0.214. The Labute approximate surface area is 160 Å². The molecule has 3 heterocycles. The predicted molar refractivity (Wildman–Crippen MR) is 94.5 cm³/mol. The normalized spacial score (nSPS) is 13.4. The third-order valence-corrected chi connectivity index (χ3v) is 5.66. The number of alkyl halides is 3. The molecule has 0 saturated carbocycles. The van der Waals surface area contributed by atoms with E-state index in [4.69, 9.17) is 0 Å². The molecule has 0 aromatic carbocycles. The number of halogens is 3. The van der Waals surface area contributed by atoms with Gasteiger partial charge in [0.25, 0.3) is 0 Å². The van der Waals surface area contributed by atoms with Crippen molar-refractivity contribution in [1.82, 2.24) is 19.4 Å². The molecule has 0 saturated heterocycles. The van der Waals surface area contributed by atoms with Gasteiger partial charge in [0, 0.05) is 18.0 Å². The number of nitrogens with zero attached hydrogens (tertiary/aromatic N) is 4. The maximum absolute atomic E-state index is 12.6. The average molecular weight is 440 g/mol. The number of aromatic hydroxyl groups is 1. The summed E-state index contributed by atoms with van der Waals surface area (Å²) in [7, 11) is -4.71. The Balaban J connectivity index is 0.00000196. The number of pyridine rings is 1. The van der Waals surface area contributed by atoms with Crippen LogP contribution in [0.1, 0.15) is 6.92 Å². The van der Waals surface area contributed by atoms with Crippen molar-refractivity contribution < 1.29 is 37.6 Å². The first-order valence-corrected chi connectivity index (χ1v) is 9.58. The summed E-state index contributed by atoms with van der Waals surface area (Å²) in [5.41, 5.74) is -4.39. The Morgan fingerprint density at radius 3 is 2.46 bits per heavy atom. The highest BCUT2D eigenvalue weighted by Crippen LogP contribution is 2.28. The molecule has 0 radical (unpaired) electrons. The highest BCUT2D eigenvalue weighted by molar-refractivity contribution is 7.85. The van der Waals surface area contributed by atoms with Crippen molar-refractivity contribution in [3.8, 4) is 17.1 Å². The van der Waals surface area contributed by atoms with Crippen LogP contribution < -0.4 is 0 Å². The van der Waals surface area contributed by atoms with Crippen LogP contribution in [0.25, 0.3) is 17.0 Å². The Bertz CT molecular complexity index is 1040. The molecule has 14 heteroatoms. The molecule has 0 amide bonds. The van der Waals surface area contributed by atoms with E-state index >= 15 is 0 Å². The summed E-state index contributed by atoms with van der Waals surface area (Å²) in [6, 6.07) is 2.26. The Kier molecular flexibility index (Phi) is 7.36. The van der Waals surface area contributed by atoms with Crippen molar-refractivity contribution in [1.29, 1.82) is 0 Å². The molecule has 28 heavy (non-hydrogen) atoms. The van der Waals surface area contributed by atoms with Crippen LogP contribution in [0, 0.1) is 0 Å². The Morgan fingerprint density at radius 2 is 1.86 bits per heavy atom. The van der Waals surface area contributed by atoms with Gasteiger partial charge < -0.3 is 16.1 Å². The molecule has 0 spiro atoms. The molecule has 0 aliphatic rings. The molecule has 9 nitrogen and oxygen atoms in total. The van der Waals surface area contributed by atoms with Gasteiger partial charge in [-0.1, -0.05) is 6.92 Å². The lowest BCUT2D eigenvalue weighted by atomic mass is 10.3. The zero-order valence-corrected chi connectivity index (χ0v) is 15.7. The molecule has 2 atom stereocenters. The first-order chi connectivity index (χ1) is 12.2. The van der Waals surface area contributed by atoms with Crippen LogP contribution in [0.5, 0.6) is 5.75 Å². The Hall–Kier alpha value is -2.42. The lowest BCUT2D eigenvalue weighted by Gasteiger charge is -2.05. The van der Waals surface area contributed by atoms with Crippen LogP contribution in [0.2, 0.25) is 0 Å². The lowest BCUT2D eigenvalue weighted by molar-refractivity contribution is -0.0386. The van der Waals surface area contributed by atoms with Crippen molar-refractivity contribution in [2.24, 2.45) is 0 Å². The second kappa shape index (κ2) is 8.72. The third-order valence-electron chi connectivity index (χ3n) is 3.31. The highest BCUT2D eigenvalue weighted by Gasteiger charge is 2.39. The van der Waals surface area contributed by atoms with Crippen molar-refractivity contribution in [3.05, 3.63) is 30.9 Å². The minimum Gasteiger partial charge on any atom is -0.506 e. The van der Waals surface area contributed by atoms with Gasteiger partial charge in [-0.3, -0.25) is 8.61 Å². The van der Waals surface area contributed by atoms with Crippen LogP contribution in [-0.2, 0) is 21.6 Å². The third kappa shape index (κ3) is 4.52. The zero-order chi connectivity index (χ0) is 19.1. The second-order valence-corrected chi connectivity index (χ2v) is 8.13. The summed E-state index contributed by atoms with van der Waals surface area (Å²) in [4.78, 5) is 12.0. The van der Waals surface area contributed by atoms with E-state index in [2.05, 4.69) is 15.0 Å². The quantitative estimate of drug-likeness (QED) is 0.585. The molecule has 0 fully saturated rings. The summed E-state index contributed by atoms with van der Waals surface area (Å²) in [5, 5.41) is 8.90. The number of hydrogen-bond acceptors (Lipinski definition) is 6. The topological polar surface area (TPSA) is 160 Å². The van der Waals surface area contributed by atoms with E-state index in [0.29, 0.717) is 0 Å². The summed E-state index contributed by atoms with van der Waals surface area (Å²) >= 11 is 0. The molecule has 3 aromatic heterocycles. The molecule has 3 aromatic rings. The molecule has 0 bridgehead atoms. The maximum Gasteiger partial charge on any atom is 0.477 e. The average Bonchev–Trinajstić information content (AvgIpc) is 3.02. The first-order valence-electron chi connectivity index (χ1n) is 7.11. The van der Waals surface area contributed by atoms with Crippen LogP contribution >= 0.6 is 0 Å². The fourth-order valence-electron chi connectivity index (χ4n) is 2.16. The largest absolute Gasteiger partial charge is 0.506 e. The summed E-state index contributed by atoms with van der Waals surface area (Å²) in [6.07, 6.45) is 3.65. The van der Waals surface area contributed by atoms with E-state index in [-0.39, 0.29) is 44.4 Å². The molecular weight excluding hydrogens is 425 g/mol. The van der Waals surface area contributed by atoms with Crippen LogP contribution in [-0.4, -0.2) is 55.1 Å². The number of aromatic nitrogens is 4. The first kappa shape index (κ1) is 23.6. The molecule has 3 rings (SSSR count). The fourth-order valence-corrected chi connectivity index (χ4v) is 3.69. The minimum absolute atomic E-state index is 0. The van der Waals surface area contributed by atoms with E-state index in [1.807, 2.05) is 0 Å². The van der Waals surface area contributed by atoms with E-state index < -0.39 is 32.1 Å². The number of fused-ring (bicyclic) bond motifs is 1. The highest BCUT2D eigenvalue weighted by atomic mass is 32.2. The summed E-state index contributed by atoms with van der Waals surface area (Å²) in [6.45, 7) is 1.69. The van der Waals surface area contributed by atoms with Crippen molar-refractivity contribution >= 4 is 27.2 Å². The van der Waals surface area contributed by atoms with E-state index in [9.17, 15) is 26.7 Å². The number of rotatable bonds is 4. The van der Waals surface area contributed by atoms with E-state index in [1.165, 1.54) is 16.7 Å². The van der Waals surface area contributed by atoms with Crippen LogP contribution in [0.15, 0.2) is 40.8 Å². The maximum atomic E-state index is 12.6. The second-order valence-electron chi connectivity index (χ2n) is 5.01. The smallest absolute Gasteiger partial charge is 0.477 e. The monoisotopic (exact) mass is 440 g/mol. The molecule has 0 aliphatic carbocycles.